The van der Waals surface area contributed by atoms with Gasteiger partial charge in [-0.15, -0.1) is 0 Å². The van der Waals surface area contributed by atoms with Gasteiger partial charge in [-0.1, -0.05) is 97.6 Å². The molecular weight excluding hydrogens is 683 g/mol. The first-order valence-electron chi connectivity index (χ1n) is 20.6. The van der Waals surface area contributed by atoms with Crippen molar-refractivity contribution in [3.8, 4) is 0 Å². The Bertz CT molecular complexity index is 1400. The maximum absolute atomic E-state index is 15.7. The van der Waals surface area contributed by atoms with Gasteiger partial charge in [0.2, 0.25) is 0 Å². The van der Waals surface area contributed by atoms with E-state index in [2.05, 4.69) is 55.9 Å². The number of hydrogen-bond acceptors (Lipinski definition) is 12. The van der Waals surface area contributed by atoms with Crippen LogP contribution in [0.15, 0.2) is 36.4 Å². The molecule has 0 spiro atoms. The number of ketones is 2. The van der Waals surface area contributed by atoms with Gasteiger partial charge in [0.25, 0.3) is 5.78 Å². The first-order valence-corrected chi connectivity index (χ1v) is 20.6. The van der Waals surface area contributed by atoms with E-state index in [0.29, 0.717) is 44.0 Å². The Kier molecular flexibility index (Phi) is 19.7. The van der Waals surface area contributed by atoms with Gasteiger partial charge in [0, 0.05) is 64.5 Å². The van der Waals surface area contributed by atoms with Crippen molar-refractivity contribution >= 4 is 34.3 Å². The zero-order valence-electron chi connectivity index (χ0n) is 34.8. The Balaban J connectivity index is 2.42. The molecule has 1 aliphatic carbocycles. The smallest absolute Gasteiger partial charge is 0.383 e. The van der Waals surface area contributed by atoms with Gasteiger partial charge in [-0.25, -0.2) is 14.5 Å². The summed E-state index contributed by atoms with van der Waals surface area (Å²) in [6, 6.07) is 11.4. The number of nitrogens with one attached hydrogen (secondary N) is 4. The van der Waals surface area contributed by atoms with Gasteiger partial charge in [0.15, 0.2) is 5.78 Å². The van der Waals surface area contributed by atoms with Crippen molar-refractivity contribution in [3.63, 3.8) is 0 Å². The lowest BCUT2D eigenvalue weighted by Gasteiger charge is -2.39. The molecule has 12 nitrogen and oxygen atoms in total. The zero-order valence-corrected chi connectivity index (χ0v) is 34.8. The number of Topliss-reactive ketones (excluding diaryl/α,β-unsaturated/α-hetero) is 2. The molecule has 0 amide bonds. The van der Waals surface area contributed by atoms with Crippen molar-refractivity contribution in [2.75, 3.05) is 74.6 Å². The molecule has 3 rings (SSSR count). The van der Waals surface area contributed by atoms with Gasteiger partial charge in [0.05, 0.1) is 34.9 Å². The predicted octanol–water partition coefficient (Wildman–Crippen LogP) is 8.81. The fraction of sp³-hybridized carbons (Fsp3) is 0.667. The second-order valence-electron chi connectivity index (χ2n) is 14.5. The average molecular weight is 754 g/mol. The van der Waals surface area contributed by atoms with Crippen molar-refractivity contribution in [1.29, 1.82) is 0 Å². The predicted molar refractivity (Wildman–Crippen MR) is 222 cm³/mol. The Morgan fingerprint density at radius 2 is 1.46 bits per heavy atom. The van der Waals surface area contributed by atoms with Crippen molar-refractivity contribution in [2.45, 2.75) is 131 Å². The summed E-state index contributed by atoms with van der Waals surface area (Å²) in [4.78, 5) is 49.1. The van der Waals surface area contributed by atoms with Crippen LogP contribution in [0.1, 0.15) is 133 Å². The van der Waals surface area contributed by atoms with Crippen LogP contribution in [0.5, 0.6) is 0 Å². The lowest BCUT2D eigenvalue weighted by molar-refractivity contribution is -0.504. The van der Waals surface area contributed by atoms with E-state index >= 15 is 4.79 Å². The first-order chi connectivity index (χ1) is 26.1. The standard InChI is InChI=1S/C42H71N7O5/c1-10-16-27-43-36-30-35(41(51)42(52-47(8)9,53-48(14-5)15-6)54-49(28-11-2)29-12-3)38(44-31-37(50)33-23-19-17-20-24-33)40(39(36)45-32(7)13-4)46-34-25-21-18-22-26-34/h17,19-20,23-24,30,32,34,43-46H,10-16,18,21-22,25-29,31H2,1-9H3. The summed E-state index contributed by atoms with van der Waals surface area (Å²) in [5.41, 5.74) is 3.76. The summed E-state index contributed by atoms with van der Waals surface area (Å²) in [6.45, 7) is 17.3. The monoisotopic (exact) mass is 754 g/mol. The second kappa shape index (κ2) is 23.6. The van der Waals surface area contributed by atoms with E-state index in [0.717, 1.165) is 74.8 Å². The highest BCUT2D eigenvalue weighted by molar-refractivity contribution is 6.12. The number of carbonyl (C=O) groups excluding carboxylic acids is 2. The molecule has 0 aromatic heterocycles. The molecule has 2 unspecified atom stereocenters. The number of hydroxylamine groups is 6. The fourth-order valence-corrected chi connectivity index (χ4v) is 6.55. The number of carbonyl (C=O) groups is 2. The third kappa shape index (κ3) is 13.2. The summed E-state index contributed by atoms with van der Waals surface area (Å²) in [5, 5.41) is 19.7. The van der Waals surface area contributed by atoms with Gasteiger partial charge in [-0.3, -0.25) is 9.59 Å². The van der Waals surface area contributed by atoms with E-state index < -0.39 is 11.8 Å². The molecule has 12 heteroatoms. The molecule has 0 heterocycles. The summed E-state index contributed by atoms with van der Waals surface area (Å²) in [7, 11) is 3.43. The van der Waals surface area contributed by atoms with Crippen LogP contribution in [0.25, 0.3) is 0 Å². The van der Waals surface area contributed by atoms with Gasteiger partial charge in [0.1, 0.15) is 0 Å². The molecule has 4 N–H and O–H groups in total. The molecule has 2 atom stereocenters. The average Bonchev–Trinajstić information content (AvgIpc) is 3.17. The number of nitrogens with zero attached hydrogens (tertiary/aromatic N) is 3. The van der Waals surface area contributed by atoms with Gasteiger partial charge >= 0.3 is 5.97 Å². The van der Waals surface area contributed by atoms with Crippen LogP contribution in [0, 0.1) is 0 Å². The molecular formula is C42H71N7O5. The van der Waals surface area contributed by atoms with Crippen LogP contribution in [-0.4, -0.2) is 98.2 Å². The van der Waals surface area contributed by atoms with E-state index in [1.807, 2.05) is 50.2 Å². The maximum atomic E-state index is 15.7. The number of hydrogen-bond donors (Lipinski definition) is 4. The summed E-state index contributed by atoms with van der Waals surface area (Å²) in [6.07, 6.45) is 9.90. The summed E-state index contributed by atoms with van der Waals surface area (Å²) < 4.78 is 0. The molecule has 304 valence electrons. The molecule has 0 aliphatic heterocycles. The van der Waals surface area contributed by atoms with Crippen LogP contribution < -0.4 is 21.3 Å². The summed E-state index contributed by atoms with van der Waals surface area (Å²) in [5.74, 6) is -2.85. The molecule has 1 fully saturated rings. The lowest BCUT2D eigenvalue weighted by atomic mass is 9.94. The minimum Gasteiger partial charge on any atom is -0.383 e. The van der Waals surface area contributed by atoms with Crippen molar-refractivity contribution in [2.24, 2.45) is 0 Å². The van der Waals surface area contributed by atoms with Crippen LogP contribution >= 0.6 is 0 Å². The topological polar surface area (TPSA) is 120 Å². The molecule has 1 aliphatic rings. The second-order valence-corrected chi connectivity index (χ2v) is 14.5. The van der Waals surface area contributed by atoms with Crippen LogP contribution in [0.2, 0.25) is 0 Å². The van der Waals surface area contributed by atoms with Gasteiger partial charge < -0.3 is 21.3 Å². The number of unbranched alkanes of at least 4 members (excludes halogenated alkanes) is 1. The zero-order chi connectivity index (χ0) is 39.5. The number of anilines is 4. The highest BCUT2D eigenvalue weighted by atomic mass is 17.0. The van der Waals surface area contributed by atoms with E-state index in [1.54, 1.807) is 24.2 Å². The highest BCUT2D eigenvalue weighted by Gasteiger charge is 2.50. The third-order valence-electron chi connectivity index (χ3n) is 9.63. The Hall–Kier alpha value is -3.26. The summed E-state index contributed by atoms with van der Waals surface area (Å²) >= 11 is 0. The molecule has 0 bridgehead atoms. The van der Waals surface area contributed by atoms with E-state index in [-0.39, 0.29) is 30.0 Å². The fourth-order valence-electron chi connectivity index (χ4n) is 6.55. The third-order valence-corrected chi connectivity index (χ3v) is 9.63. The Morgan fingerprint density at radius 1 is 0.815 bits per heavy atom. The van der Waals surface area contributed by atoms with Crippen molar-refractivity contribution in [3.05, 3.63) is 47.5 Å². The molecule has 2 aromatic carbocycles. The minimum absolute atomic E-state index is 0.0356. The van der Waals surface area contributed by atoms with Gasteiger partial charge in [-0.2, -0.15) is 15.2 Å². The van der Waals surface area contributed by atoms with Gasteiger partial charge in [-0.05, 0) is 51.5 Å². The van der Waals surface area contributed by atoms with E-state index in [9.17, 15) is 4.79 Å². The van der Waals surface area contributed by atoms with E-state index in [1.165, 1.54) is 11.5 Å². The Labute approximate surface area is 325 Å². The normalized spacial score (nSPS) is 15.3. The minimum atomic E-state index is -2.23. The molecule has 0 saturated heterocycles. The molecule has 0 radical (unpaired) electrons. The Morgan fingerprint density at radius 3 is 2.04 bits per heavy atom. The molecule has 1 saturated carbocycles. The number of rotatable bonds is 27. The largest absolute Gasteiger partial charge is 0.400 e. The first kappa shape index (κ1) is 45.1. The van der Waals surface area contributed by atoms with Crippen molar-refractivity contribution < 1.29 is 24.1 Å². The van der Waals surface area contributed by atoms with Crippen LogP contribution in [0.3, 0.4) is 0 Å². The van der Waals surface area contributed by atoms with Crippen LogP contribution in [0.4, 0.5) is 22.7 Å². The number of benzene rings is 2. The SMILES string of the molecule is CCCCNc1cc(C(=O)C(ON(C)C)(ON(CC)CC)ON(CCC)CCC)c(NCC(=O)c2ccccc2)c(NC2CCCCC2)c1NC(C)CC. The van der Waals surface area contributed by atoms with E-state index in [4.69, 9.17) is 14.5 Å². The molecule has 2 aromatic rings. The van der Waals surface area contributed by atoms with Crippen LogP contribution in [-0.2, 0) is 14.5 Å². The maximum Gasteiger partial charge on any atom is 0.400 e. The highest BCUT2D eigenvalue weighted by Crippen LogP contribution is 2.44. The molecule has 54 heavy (non-hydrogen) atoms. The quantitative estimate of drug-likeness (QED) is 0.0302. The lowest BCUT2D eigenvalue weighted by Crippen LogP contribution is -2.57. The van der Waals surface area contributed by atoms with Crippen molar-refractivity contribution in [1.82, 2.24) is 15.2 Å².